The molecule has 29 heavy (non-hydrogen) atoms. The van der Waals surface area contributed by atoms with Crippen LogP contribution in [0.15, 0.2) is 47.6 Å². The van der Waals surface area contributed by atoms with Crippen molar-refractivity contribution < 1.29 is 19.0 Å². The van der Waals surface area contributed by atoms with E-state index in [1.54, 1.807) is 25.3 Å². The second-order valence-corrected chi connectivity index (χ2v) is 6.16. The van der Waals surface area contributed by atoms with Gasteiger partial charge in [0.25, 0.3) is 5.91 Å². The Labute approximate surface area is 168 Å². The summed E-state index contributed by atoms with van der Waals surface area (Å²) < 4.78 is 16.0. The van der Waals surface area contributed by atoms with E-state index in [2.05, 4.69) is 20.7 Å². The summed E-state index contributed by atoms with van der Waals surface area (Å²) in [6.45, 7) is 2.01. The molecule has 1 heterocycles. The van der Waals surface area contributed by atoms with E-state index in [-0.39, 0.29) is 0 Å². The predicted octanol–water partition coefficient (Wildman–Crippen LogP) is 3.17. The van der Waals surface area contributed by atoms with E-state index >= 15 is 0 Å². The van der Waals surface area contributed by atoms with Crippen LogP contribution in [0.3, 0.4) is 0 Å². The van der Waals surface area contributed by atoms with Gasteiger partial charge >= 0.3 is 0 Å². The lowest BCUT2D eigenvalue weighted by molar-refractivity contribution is 0.0950. The molecule has 0 aliphatic heterocycles. The van der Waals surface area contributed by atoms with E-state index < -0.39 is 5.91 Å². The standard InChI is InChI=1S/C21H22N4O4/c1-13-5-7-14(8-6-13)16-11-17(24-23-16)21(26)25-22-12-15-9-10-18(27-2)20(29-4)19(15)28-3/h5-12H,1-4H3,(H,23,24)(H,25,26). The Bertz CT molecular complexity index is 1030. The van der Waals surface area contributed by atoms with Crippen LogP contribution in [0.4, 0.5) is 0 Å². The van der Waals surface area contributed by atoms with Gasteiger partial charge in [0, 0.05) is 11.1 Å². The number of nitrogens with one attached hydrogen (secondary N) is 2. The monoisotopic (exact) mass is 394 g/mol. The normalized spacial score (nSPS) is 10.8. The molecule has 0 atom stereocenters. The third-order valence-electron chi connectivity index (χ3n) is 4.27. The van der Waals surface area contributed by atoms with Crippen molar-refractivity contribution in [2.24, 2.45) is 5.10 Å². The first-order valence-electron chi connectivity index (χ1n) is 8.82. The van der Waals surface area contributed by atoms with Crippen molar-refractivity contribution in [3.05, 3.63) is 59.3 Å². The number of H-pyrrole nitrogens is 1. The summed E-state index contributed by atoms with van der Waals surface area (Å²) in [5, 5.41) is 10.9. The number of ether oxygens (including phenoxy) is 3. The fourth-order valence-electron chi connectivity index (χ4n) is 2.76. The van der Waals surface area contributed by atoms with Crippen LogP contribution in [0.2, 0.25) is 0 Å². The van der Waals surface area contributed by atoms with Crippen molar-refractivity contribution >= 4 is 12.1 Å². The number of methoxy groups -OCH3 is 3. The molecule has 2 N–H and O–H groups in total. The van der Waals surface area contributed by atoms with Gasteiger partial charge in [-0.05, 0) is 25.1 Å². The molecular formula is C21H22N4O4. The Morgan fingerprint density at radius 2 is 1.76 bits per heavy atom. The lowest BCUT2D eigenvalue weighted by Crippen LogP contribution is -2.18. The van der Waals surface area contributed by atoms with Crippen LogP contribution in [0.5, 0.6) is 17.2 Å². The molecule has 2 aromatic carbocycles. The number of carbonyl (C=O) groups excluding carboxylic acids is 1. The van der Waals surface area contributed by atoms with Gasteiger partial charge in [0.1, 0.15) is 5.69 Å². The van der Waals surface area contributed by atoms with Gasteiger partial charge in [-0.15, -0.1) is 0 Å². The molecule has 0 fully saturated rings. The highest BCUT2D eigenvalue weighted by atomic mass is 16.5. The number of hydrogen-bond donors (Lipinski definition) is 2. The van der Waals surface area contributed by atoms with Crippen LogP contribution in [-0.2, 0) is 0 Å². The number of aryl methyl sites for hydroxylation is 1. The van der Waals surface area contributed by atoms with Crippen molar-refractivity contribution in [2.75, 3.05) is 21.3 Å². The number of hydrogen-bond acceptors (Lipinski definition) is 6. The lowest BCUT2D eigenvalue weighted by Gasteiger charge is -2.13. The summed E-state index contributed by atoms with van der Waals surface area (Å²) in [6.07, 6.45) is 1.47. The molecule has 0 spiro atoms. The zero-order valence-corrected chi connectivity index (χ0v) is 16.6. The van der Waals surface area contributed by atoms with Gasteiger partial charge in [0.05, 0.1) is 33.2 Å². The van der Waals surface area contributed by atoms with Crippen molar-refractivity contribution in [2.45, 2.75) is 6.92 Å². The summed E-state index contributed by atoms with van der Waals surface area (Å²) in [5.74, 6) is 1.02. The molecule has 0 saturated heterocycles. The van der Waals surface area contributed by atoms with Crippen LogP contribution in [0, 0.1) is 6.92 Å². The predicted molar refractivity (Wildman–Crippen MR) is 110 cm³/mol. The second kappa shape index (κ2) is 8.92. The molecule has 8 nitrogen and oxygen atoms in total. The number of aromatic nitrogens is 2. The molecular weight excluding hydrogens is 372 g/mol. The summed E-state index contributed by atoms with van der Waals surface area (Å²) in [5.41, 5.74) is 6.15. The Morgan fingerprint density at radius 3 is 2.41 bits per heavy atom. The van der Waals surface area contributed by atoms with E-state index in [0.29, 0.717) is 34.2 Å². The first kappa shape index (κ1) is 19.9. The largest absolute Gasteiger partial charge is 0.493 e. The van der Waals surface area contributed by atoms with Gasteiger partial charge in [-0.25, -0.2) is 5.43 Å². The van der Waals surface area contributed by atoms with Gasteiger partial charge in [-0.2, -0.15) is 10.2 Å². The number of amides is 1. The molecule has 3 aromatic rings. The number of nitrogens with zero attached hydrogens (tertiary/aromatic N) is 2. The second-order valence-electron chi connectivity index (χ2n) is 6.16. The average molecular weight is 394 g/mol. The Kier molecular flexibility index (Phi) is 6.13. The summed E-state index contributed by atoms with van der Waals surface area (Å²) in [6, 6.07) is 13.0. The Hall–Kier alpha value is -3.81. The molecule has 0 aliphatic carbocycles. The average Bonchev–Trinajstić information content (AvgIpc) is 3.24. The maximum absolute atomic E-state index is 12.3. The van der Waals surface area contributed by atoms with E-state index in [9.17, 15) is 4.79 Å². The van der Waals surface area contributed by atoms with Gasteiger partial charge in [0.15, 0.2) is 11.5 Å². The van der Waals surface area contributed by atoms with Crippen LogP contribution in [-0.4, -0.2) is 43.6 Å². The molecule has 0 radical (unpaired) electrons. The van der Waals surface area contributed by atoms with Crippen LogP contribution >= 0.6 is 0 Å². The van der Waals surface area contributed by atoms with Crippen molar-refractivity contribution in [1.29, 1.82) is 0 Å². The Morgan fingerprint density at radius 1 is 1.03 bits per heavy atom. The lowest BCUT2D eigenvalue weighted by atomic mass is 10.1. The summed E-state index contributed by atoms with van der Waals surface area (Å²) in [4.78, 5) is 12.3. The van der Waals surface area contributed by atoms with Crippen LogP contribution in [0.25, 0.3) is 11.3 Å². The maximum Gasteiger partial charge on any atom is 0.289 e. The highest BCUT2D eigenvalue weighted by Crippen LogP contribution is 2.38. The highest BCUT2D eigenvalue weighted by molar-refractivity contribution is 5.94. The van der Waals surface area contributed by atoms with Crippen molar-refractivity contribution in [1.82, 2.24) is 15.6 Å². The fraction of sp³-hybridized carbons (Fsp3) is 0.190. The molecule has 0 bridgehead atoms. The quantitative estimate of drug-likeness (QED) is 0.474. The van der Waals surface area contributed by atoms with E-state index in [1.165, 1.54) is 20.4 Å². The van der Waals surface area contributed by atoms with E-state index in [1.807, 2.05) is 31.2 Å². The van der Waals surface area contributed by atoms with E-state index in [0.717, 1.165) is 11.1 Å². The summed E-state index contributed by atoms with van der Waals surface area (Å²) in [7, 11) is 4.58. The number of aromatic amines is 1. The molecule has 150 valence electrons. The van der Waals surface area contributed by atoms with Gasteiger partial charge in [-0.1, -0.05) is 29.8 Å². The first-order valence-corrected chi connectivity index (χ1v) is 8.82. The van der Waals surface area contributed by atoms with Crippen molar-refractivity contribution in [3.8, 4) is 28.5 Å². The zero-order valence-electron chi connectivity index (χ0n) is 16.6. The van der Waals surface area contributed by atoms with Crippen molar-refractivity contribution in [3.63, 3.8) is 0 Å². The number of carbonyl (C=O) groups is 1. The van der Waals surface area contributed by atoms with E-state index in [4.69, 9.17) is 14.2 Å². The fourth-order valence-corrected chi connectivity index (χ4v) is 2.76. The SMILES string of the molecule is COc1ccc(C=NNC(=O)c2cc(-c3ccc(C)cc3)n[nH]2)c(OC)c1OC. The number of rotatable bonds is 7. The minimum atomic E-state index is -0.411. The number of hydrazone groups is 1. The topological polar surface area (TPSA) is 97.8 Å². The van der Waals surface area contributed by atoms with Crippen LogP contribution < -0.4 is 19.6 Å². The molecule has 1 aromatic heterocycles. The third kappa shape index (κ3) is 4.37. The van der Waals surface area contributed by atoms with Crippen LogP contribution in [0.1, 0.15) is 21.6 Å². The summed E-state index contributed by atoms with van der Waals surface area (Å²) >= 11 is 0. The van der Waals surface area contributed by atoms with Gasteiger partial charge < -0.3 is 14.2 Å². The van der Waals surface area contributed by atoms with Gasteiger partial charge in [0.2, 0.25) is 5.75 Å². The molecule has 0 unspecified atom stereocenters. The molecule has 8 heteroatoms. The molecule has 0 aliphatic rings. The third-order valence-corrected chi connectivity index (χ3v) is 4.27. The zero-order chi connectivity index (χ0) is 20.8. The van der Waals surface area contributed by atoms with Gasteiger partial charge in [-0.3, -0.25) is 9.89 Å². The Balaban J connectivity index is 1.73. The maximum atomic E-state index is 12.3. The first-order chi connectivity index (χ1) is 14.1. The molecule has 3 rings (SSSR count). The molecule has 0 saturated carbocycles. The minimum absolute atomic E-state index is 0.303. The number of benzene rings is 2. The smallest absolute Gasteiger partial charge is 0.289 e. The molecule has 1 amide bonds. The minimum Gasteiger partial charge on any atom is -0.493 e. The highest BCUT2D eigenvalue weighted by Gasteiger charge is 2.15.